The molecule has 0 aromatic heterocycles. The van der Waals surface area contributed by atoms with E-state index in [2.05, 4.69) is 12.1 Å². The van der Waals surface area contributed by atoms with Gasteiger partial charge < -0.3 is 19.3 Å². The van der Waals surface area contributed by atoms with Gasteiger partial charge >= 0.3 is 0 Å². The fraction of sp³-hybridized carbons (Fsp3) is 0.619. The van der Waals surface area contributed by atoms with E-state index in [1.165, 1.54) is 5.56 Å². The van der Waals surface area contributed by atoms with Crippen molar-refractivity contribution in [2.24, 2.45) is 0 Å². The van der Waals surface area contributed by atoms with Gasteiger partial charge in [-0.3, -0.25) is 9.59 Å². The van der Waals surface area contributed by atoms with Crippen molar-refractivity contribution in [1.82, 2.24) is 9.80 Å². The minimum Gasteiger partial charge on any atom is -0.497 e. The molecule has 3 rings (SSSR count). The van der Waals surface area contributed by atoms with E-state index in [0.717, 1.165) is 37.9 Å². The lowest BCUT2D eigenvalue weighted by Gasteiger charge is -2.32. The summed E-state index contributed by atoms with van der Waals surface area (Å²) in [6.45, 7) is 3.17. The first-order valence-electron chi connectivity index (χ1n) is 9.98. The van der Waals surface area contributed by atoms with Crippen LogP contribution < -0.4 is 4.74 Å². The van der Waals surface area contributed by atoms with Crippen molar-refractivity contribution in [3.8, 4) is 5.75 Å². The second-order valence-electron chi connectivity index (χ2n) is 7.24. The summed E-state index contributed by atoms with van der Waals surface area (Å²) >= 11 is 0. The molecular formula is C21H30N2O4. The zero-order chi connectivity index (χ0) is 19.1. The Hall–Kier alpha value is -2.08. The maximum absolute atomic E-state index is 12.7. The molecule has 27 heavy (non-hydrogen) atoms. The van der Waals surface area contributed by atoms with Crippen LogP contribution in [0.15, 0.2) is 24.3 Å². The van der Waals surface area contributed by atoms with Gasteiger partial charge in [-0.15, -0.1) is 0 Å². The summed E-state index contributed by atoms with van der Waals surface area (Å²) in [6, 6.07) is 7.80. The average molecular weight is 374 g/mol. The van der Waals surface area contributed by atoms with Crippen molar-refractivity contribution >= 4 is 11.8 Å². The zero-order valence-electron chi connectivity index (χ0n) is 16.2. The topological polar surface area (TPSA) is 59.1 Å². The number of hydrogen-bond donors (Lipinski definition) is 0. The van der Waals surface area contributed by atoms with Gasteiger partial charge in [0.1, 0.15) is 11.8 Å². The monoisotopic (exact) mass is 374 g/mol. The molecule has 2 amide bonds. The first-order valence-corrected chi connectivity index (χ1v) is 9.98. The highest BCUT2D eigenvalue weighted by Gasteiger charge is 2.36. The highest BCUT2D eigenvalue weighted by atomic mass is 16.5. The maximum Gasteiger partial charge on any atom is 0.245 e. The van der Waals surface area contributed by atoms with Gasteiger partial charge in [0, 0.05) is 26.1 Å². The van der Waals surface area contributed by atoms with E-state index < -0.39 is 0 Å². The van der Waals surface area contributed by atoms with Gasteiger partial charge in [-0.25, -0.2) is 0 Å². The summed E-state index contributed by atoms with van der Waals surface area (Å²) in [5.41, 5.74) is 1.25. The smallest absolute Gasteiger partial charge is 0.245 e. The van der Waals surface area contributed by atoms with Crippen LogP contribution in [0.2, 0.25) is 0 Å². The number of amides is 2. The third-order valence-corrected chi connectivity index (χ3v) is 5.45. The molecule has 1 aromatic rings. The molecule has 2 saturated heterocycles. The zero-order valence-corrected chi connectivity index (χ0v) is 16.2. The average Bonchev–Trinajstić information content (AvgIpc) is 3.21. The van der Waals surface area contributed by atoms with Crippen LogP contribution in [0.25, 0.3) is 0 Å². The van der Waals surface area contributed by atoms with E-state index in [-0.39, 0.29) is 17.9 Å². The third kappa shape index (κ3) is 5.22. The lowest BCUT2D eigenvalue weighted by molar-refractivity contribution is -0.146. The van der Waals surface area contributed by atoms with E-state index in [1.54, 1.807) is 7.11 Å². The van der Waals surface area contributed by atoms with Gasteiger partial charge in [0.05, 0.1) is 20.3 Å². The Balaban J connectivity index is 1.43. The Morgan fingerprint density at radius 2 is 1.85 bits per heavy atom. The number of morpholine rings is 1. The number of carbonyl (C=O) groups is 2. The van der Waals surface area contributed by atoms with Crippen LogP contribution in [0.4, 0.5) is 0 Å². The number of likely N-dealkylation sites (tertiary alicyclic amines) is 1. The normalized spacial score (nSPS) is 20.0. The van der Waals surface area contributed by atoms with E-state index >= 15 is 0 Å². The summed E-state index contributed by atoms with van der Waals surface area (Å²) in [5.74, 6) is 1.08. The largest absolute Gasteiger partial charge is 0.497 e. The molecule has 0 spiro atoms. The Kier molecular flexibility index (Phi) is 7.10. The molecule has 2 aliphatic rings. The number of methoxy groups -OCH3 is 1. The third-order valence-electron chi connectivity index (χ3n) is 5.45. The van der Waals surface area contributed by atoms with Gasteiger partial charge in [0.2, 0.25) is 11.8 Å². The van der Waals surface area contributed by atoms with E-state index in [0.29, 0.717) is 39.3 Å². The van der Waals surface area contributed by atoms with Gasteiger partial charge in [0.25, 0.3) is 0 Å². The van der Waals surface area contributed by atoms with E-state index in [1.807, 2.05) is 21.9 Å². The second kappa shape index (κ2) is 9.74. The van der Waals surface area contributed by atoms with Crippen molar-refractivity contribution < 1.29 is 19.1 Å². The molecule has 0 N–H and O–H groups in total. The van der Waals surface area contributed by atoms with Crippen LogP contribution in [0.1, 0.15) is 37.7 Å². The van der Waals surface area contributed by atoms with E-state index in [4.69, 9.17) is 9.47 Å². The minimum atomic E-state index is -0.266. The molecule has 1 aromatic carbocycles. The SMILES string of the molecule is COc1ccc(CCCCC(=O)N2CCC[C@@H]2C(=O)N2CCOCC2)cc1. The molecule has 6 heteroatoms. The Bertz CT molecular complexity index is 626. The van der Waals surface area contributed by atoms with Crippen LogP contribution in [0, 0.1) is 0 Å². The molecule has 0 unspecified atom stereocenters. The van der Waals surface area contributed by atoms with Crippen molar-refractivity contribution in [1.29, 1.82) is 0 Å². The highest BCUT2D eigenvalue weighted by molar-refractivity contribution is 5.88. The molecule has 2 fully saturated rings. The van der Waals surface area contributed by atoms with E-state index in [9.17, 15) is 9.59 Å². The summed E-state index contributed by atoms with van der Waals surface area (Å²) in [7, 11) is 1.66. The van der Waals surface area contributed by atoms with Crippen molar-refractivity contribution in [2.45, 2.75) is 44.6 Å². The van der Waals surface area contributed by atoms with Gasteiger partial charge in [-0.2, -0.15) is 0 Å². The van der Waals surface area contributed by atoms with Crippen LogP contribution in [-0.4, -0.2) is 67.6 Å². The van der Waals surface area contributed by atoms with Crippen LogP contribution in [-0.2, 0) is 20.7 Å². The van der Waals surface area contributed by atoms with Gasteiger partial charge in [0.15, 0.2) is 0 Å². The lowest BCUT2D eigenvalue weighted by Crippen LogP contribution is -2.51. The molecule has 2 aliphatic heterocycles. The minimum absolute atomic E-state index is 0.0994. The standard InChI is InChI=1S/C21H30N2O4/c1-26-18-10-8-17(9-11-18)5-2-3-7-20(24)23-12-4-6-19(23)21(25)22-13-15-27-16-14-22/h8-11,19H,2-7,12-16H2,1H3/t19-/m1/s1. The van der Waals surface area contributed by atoms with Gasteiger partial charge in [-0.05, 0) is 49.8 Å². The Morgan fingerprint density at radius 1 is 1.11 bits per heavy atom. The quantitative estimate of drug-likeness (QED) is 0.687. The predicted molar refractivity (Wildman–Crippen MR) is 103 cm³/mol. The number of ether oxygens (including phenoxy) is 2. The Morgan fingerprint density at radius 3 is 2.56 bits per heavy atom. The second-order valence-corrected chi connectivity index (χ2v) is 7.24. The number of unbranched alkanes of at least 4 members (excludes halogenated alkanes) is 1. The predicted octanol–water partition coefficient (Wildman–Crippen LogP) is 2.26. The summed E-state index contributed by atoms with van der Waals surface area (Å²) in [6.07, 6.45) is 4.98. The van der Waals surface area contributed by atoms with Crippen LogP contribution >= 0.6 is 0 Å². The number of nitrogens with zero attached hydrogens (tertiary/aromatic N) is 2. The molecule has 1 atom stereocenters. The molecule has 0 aliphatic carbocycles. The molecule has 0 radical (unpaired) electrons. The molecule has 148 valence electrons. The number of rotatable bonds is 7. The molecule has 0 saturated carbocycles. The number of hydrogen-bond acceptors (Lipinski definition) is 4. The van der Waals surface area contributed by atoms with Crippen LogP contribution in [0.5, 0.6) is 5.75 Å². The highest BCUT2D eigenvalue weighted by Crippen LogP contribution is 2.22. The number of carbonyl (C=O) groups excluding carboxylic acids is 2. The fourth-order valence-corrected chi connectivity index (χ4v) is 3.86. The molecule has 2 heterocycles. The number of aryl methyl sites for hydroxylation is 1. The molecule has 6 nitrogen and oxygen atoms in total. The van der Waals surface area contributed by atoms with Crippen LogP contribution in [0.3, 0.4) is 0 Å². The van der Waals surface area contributed by atoms with Crippen molar-refractivity contribution in [3.05, 3.63) is 29.8 Å². The lowest BCUT2D eigenvalue weighted by atomic mass is 10.1. The van der Waals surface area contributed by atoms with Gasteiger partial charge in [-0.1, -0.05) is 12.1 Å². The summed E-state index contributed by atoms with van der Waals surface area (Å²) < 4.78 is 10.5. The summed E-state index contributed by atoms with van der Waals surface area (Å²) in [5, 5.41) is 0. The first-order chi connectivity index (χ1) is 13.2. The summed E-state index contributed by atoms with van der Waals surface area (Å²) in [4.78, 5) is 29.1. The molecular weight excluding hydrogens is 344 g/mol. The fourth-order valence-electron chi connectivity index (χ4n) is 3.86. The maximum atomic E-state index is 12.7. The number of benzene rings is 1. The Labute approximate surface area is 161 Å². The first kappa shape index (κ1) is 19.7. The molecule has 0 bridgehead atoms. The van der Waals surface area contributed by atoms with Crippen molar-refractivity contribution in [2.75, 3.05) is 40.0 Å². The van der Waals surface area contributed by atoms with Crippen molar-refractivity contribution in [3.63, 3.8) is 0 Å².